The molecule has 0 unspecified atom stereocenters. The van der Waals surface area contributed by atoms with Crippen molar-refractivity contribution in [3.05, 3.63) is 35.4 Å². The van der Waals surface area contributed by atoms with Gasteiger partial charge in [-0.25, -0.2) is 0 Å². The number of hydrogen-bond donors (Lipinski definition) is 2. The SMILES string of the molecule is C=CCSC1=CC(=O)C(NCCCNC)=CC1=O.Cl. The lowest BCUT2D eigenvalue weighted by atomic mass is 10.1. The average Bonchev–Trinajstić information content (AvgIpc) is 2.36. The quantitative estimate of drug-likeness (QED) is 0.404. The fraction of sp³-hybridized carbons (Fsp3) is 0.385. The van der Waals surface area contributed by atoms with E-state index in [4.69, 9.17) is 0 Å². The molecule has 19 heavy (non-hydrogen) atoms. The van der Waals surface area contributed by atoms with Gasteiger partial charge in [0.15, 0.2) is 5.78 Å². The summed E-state index contributed by atoms with van der Waals surface area (Å²) in [6.07, 6.45) is 5.39. The first kappa shape index (κ1) is 18.0. The van der Waals surface area contributed by atoms with Gasteiger partial charge in [0.05, 0.1) is 10.6 Å². The molecule has 2 N–H and O–H groups in total. The molecule has 1 rings (SSSR count). The smallest absolute Gasteiger partial charge is 0.203 e. The summed E-state index contributed by atoms with van der Waals surface area (Å²) in [5, 5.41) is 6.01. The summed E-state index contributed by atoms with van der Waals surface area (Å²) in [6, 6.07) is 0. The van der Waals surface area contributed by atoms with E-state index >= 15 is 0 Å². The van der Waals surface area contributed by atoms with Crippen LogP contribution in [0.3, 0.4) is 0 Å². The van der Waals surface area contributed by atoms with Crippen LogP contribution in [0.25, 0.3) is 0 Å². The maximum absolute atomic E-state index is 11.8. The number of allylic oxidation sites excluding steroid dienone is 3. The Morgan fingerprint density at radius 1 is 1.26 bits per heavy atom. The molecule has 0 aliphatic heterocycles. The standard InChI is InChI=1S/C13H18N2O2S.ClH/c1-3-7-18-13-9-11(16)10(8-12(13)17)15-6-4-5-14-2;/h3,8-9,14-15H,1,4-7H2,2H3;1H. The summed E-state index contributed by atoms with van der Waals surface area (Å²) in [4.78, 5) is 24.0. The van der Waals surface area contributed by atoms with Crippen LogP contribution in [0.2, 0.25) is 0 Å². The van der Waals surface area contributed by atoms with Crippen LogP contribution in [0.5, 0.6) is 0 Å². The van der Waals surface area contributed by atoms with Crippen LogP contribution in [0.15, 0.2) is 35.4 Å². The molecule has 0 aromatic heterocycles. The summed E-state index contributed by atoms with van der Waals surface area (Å²) >= 11 is 1.33. The number of hydrogen-bond acceptors (Lipinski definition) is 5. The first-order valence-corrected chi connectivity index (χ1v) is 6.81. The zero-order chi connectivity index (χ0) is 13.4. The molecule has 0 saturated heterocycles. The van der Waals surface area contributed by atoms with Gasteiger partial charge in [-0.3, -0.25) is 9.59 Å². The molecule has 0 radical (unpaired) electrons. The Hall–Kier alpha value is -1.04. The Morgan fingerprint density at radius 3 is 2.63 bits per heavy atom. The van der Waals surface area contributed by atoms with E-state index in [0.717, 1.165) is 13.0 Å². The molecule has 0 fully saturated rings. The number of thioether (sulfide) groups is 1. The highest BCUT2D eigenvalue weighted by atomic mass is 35.5. The van der Waals surface area contributed by atoms with Crippen molar-refractivity contribution in [2.45, 2.75) is 6.42 Å². The zero-order valence-corrected chi connectivity index (χ0v) is 12.5. The minimum atomic E-state index is -0.134. The lowest BCUT2D eigenvalue weighted by molar-refractivity contribution is -0.115. The highest BCUT2D eigenvalue weighted by molar-refractivity contribution is 8.04. The van der Waals surface area contributed by atoms with Gasteiger partial charge in [-0.2, -0.15) is 0 Å². The second kappa shape index (κ2) is 9.83. The molecule has 1 aliphatic carbocycles. The summed E-state index contributed by atoms with van der Waals surface area (Å²) in [5.41, 5.74) is 0.388. The van der Waals surface area contributed by atoms with Gasteiger partial charge in [-0.1, -0.05) is 6.08 Å². The Morgan fingerprint density at radius 2 is 2.00 bits per heavy atom. The number of ketones is 2. The first-order valence-electron chi connectivity index (χ1n) is 5.83. The fourth-order valence-corrected chi connectivity index (χ4v) is 2.12. The zero-order valence-electron chi connectivity index (χ0n) is 10.9. The van der Waals surface area contributed by atoms with Crippen LogP contribution in [0.1, 0.15) is 6.42 Å². The highest BCUT2D eigenvalue weighted by Crippen LogP contribution is 2.21. The predicted octanol–water partition coefficient (Wildman–Crippen LogP) is 1.45. The van der Waals surface area contributed by atoms with E-state index in [-0.39, 0.29) is 24.0 Å². The summed E-state index contributed by atoms with van der Waals surface area (Å²) in [6.45, 7) is 5.13. The van der Waals surface area contributed by atoms with Crippen molar-refractivity contribution >= 4 is 35.7 Å². The van der Waals surface area contributed by atoms with Crippen LogP contribution in [0.4, 0.5) is 0 Å². The first-order chi connectivity index (χ1) is 8.69. The van der Waals surface area contributed by atoms with E-state index in [1.807, 2.05) is 7.05 Å². The molecule has 0 bridgehead atoms. The number of carbonyl (C=O) groups is 2. The monoisotopic (exact) mass is 302 g/mol. The van der Waals surface area contributed by atoms with Crippen LogP contribution in [-0.4, -0.2) is 37.5 Å². The van der Waals surface area contributed by atoms with Crippen LogP contribution < -0.4 is 10.6 Å². The third kappa shape index (κ3) is 6.09. The van der Waals surface area contributed by atoms with E-state index in [1.165, 1.54) is 23.9 Å². The topological polar surface area (TPSA) is 58.2 Å². The van der Waals surface area contributed by atoms with Crippen molar-refractivity contribution in [3.63, 3.8) is 0 Å². The van der Waals surface area contributed by atoms with Crippen LogP contribution >= 0.6 is 24.2 Å². The van der Waals surface area contributed by atoms with Crippen LogP contribution in [0, 0.1) is 0 Å². The number of rotatable bonds is 8. The average molecular weight is 303 g/mol. The fourth-order valence-electron chi connectivity index (χ4n) is 1.43. The van der Waals surface area contributed by atoms with E-state index in [9.17, 15) is 9.59 Å². The lowest BCUT2D eigenvalue weighted by Crippen LogP contribution is -2.26. The van der Waals surface area contributed by atoms with Crippen molar-refractivity contribution < 1.29 is 9.59 Å². The van der Waals surface area contributed by atoms with Crippen molar-refractivity contribution in [2.75, 3.05) is 25.9 Å². The maximum atomic E-state index is 11.8. The molecular formula is C13H19ClN2O2S. The second-order valence-electron chi connectivity index (χ2n) is 3.78. The van der Waals surface area contributed by atoms with Gasteiger partial charge in [0, 0.05) is 24.4 Å². The Kier molecular flexibility index (Phi) is 9.30. The summed E-state index contributed by atoms with van der Waals surface area (Å²) in [5.74, 6) is 0.382. The summed E-state index contributed by atoms with van der Waals surface area (Å²) in [7, 11) is 1.88. The van der Waals surface area contributed by atoms with Gasteiger partial charge < -0.3 is 10.6 Å². The molecular weight excluding hydrogens is 284 g/mol. The molecule has 0 amide bonds. The Bertz CT molecular complexity index is 405. The molecule has 0 aromatic carbocycles. The van der Waals surface area contributed by atoms with Crippen molar-refractivity contribution in [2.24, 2.45) is 0 Å². The number of nitrogens with one attached hydrogen (secondary N) is 2. The van der Waals surface area contributed by atoms with Gasteiger partial charge in [0.1, 0.15) is 0 Å². The van der Waals surface area contributed by atoms with E-state index < -0.39 is 0 Å². The lowest BCUT2D eigenvalue weighted by Gasteiger charge is -2.13. The Labute approximate surface area is 124 Å². The third-order valence-electron chi connectivity index (χ3n) is 2.32. The second-order valence-corrected chi connectivity index (χ2v) is 4.84. The van der Waals surface area contributed by atoms with Gasteiger partial charge in [-0.05, 0) is 20.0 Å². The van der Waals surface area contributed by atoms with E-state index in [2.05, 4.69) is 17.2 Å². The molecule has 4 nitrogen and oxygen atoms in total. The van der Waals surface area contributed by atoms with Gasteiger partial charge >= 0.3 is 0 Å². The minimum absolute atomic E-state index is 0. The molecule has 1 aliphatic rings. The van der Waals surface area contributed by atoms with Crippen LogP contribution in [-0.2, 0) is 9.59 Å². The Balaban J connectivity index is 0.00000324. The molecule has 0 saturated carbocycles. The third-order valence-corrected chi connectivity index (χ3v) is 3.35. The van der Waals surface area contributed by atoms with Crippen molar-refractivity contribution in [1.29, 1.82) is 0 Å². The van der Waals surface area contributed by atoms with Crippen molar-refractivity contribution in [1.82, 2.24) is 10.6 Å². The highest BCUT2D eigenvalue weighted by Gasteiger charge is 2.19. The molecule has 106 valence electrons. The summed E-state index contributed by atoms with van der Waals surface area (Å²) < 4.78 is 0. The molecule has 0 atom stereocenters. The number of halogens is 1. The van der Waals surface area contributed by atoms with Crippen molar-refractivity contribution in [3.8, 4) is 0 Å². The maximum Gasteiger partial charge on any atom is 0.203 e. The van der Waals surface area contributed by atoms with Gasteiger partial charge in [0.25, 0.3) is 0 Å². The molecule has 0 aromatic rings. The molecule has 0 heterocycles. The largest absolute Gasteiger partial charge is 0.382 e. The van der Waals surface area contributed by atoms with E-state index in [1.54, 1.807) is 6.08 Å². The van der Waals surface area contributed by atoms with Gasteiger partial charge in [-0.15, -0.1) is 30.7 Å². The molecule has 0 spiro atoms. The molecule has 6 heteroatoms. The van der Waals surface area contributed by atoms with E-state index in [0.29, 0.717) is 22.9 Å². The van der Waals surface area contributed by atoms with Gasteiger partial charge in [0.2, 0.25) is 5.78 Å². The minimum Gasteiger partial charge on any atom is -0.382 e. The normalized spacial score (nSPS) is 14.4. The predicted molar refractivity (Wildman–Crippen MR) is 82.6 cm³/mol. The number of carbonyl (C=O) groups excluding carboxylic acids is 2.